The molecular formula is C20H18N2O2S. The van der Waals surface area contributed by atoms with Gasteiger partial charge in [0.2, 0.25) is 0 Å². The lowest BCUT2D eigenvalue weighted by Gasteiger charge is -2.07. The van der Waals surface area contributed by atoms with Gasteiger partial charge in [-0.25, -0.2) is 9.97 Å². The largest absolute Gasteiger partial charge is 0.497 e. The Balaban J connectivity index is 1.76. The number of ether oxygens (including phenoxy) is 1. The fourth-order valence-electron chi connectivity index (χ4n) is 2.35. The fourth-order valence-corrected chi connectivity index (χ4v) is 3.15. The van der Waals surface area contributed by atoms with E-state index >= 15 is 0 Å². The Labute approximate surface area is 151 Å². The summed E-state index contributed by atoms with van der Waals surface area (Å²) in [7, 11) is 1.64. The maximum atomic E-state index is 12.2. The lowest BCUT2D eigenvalue weighted by Crippen LogP contribution is -2.03. The van der Waals surface area contributed by atoms with Gasteiger partial charge >= 0.3 is 0 Å². The van der Waals surface area contributed by atoms with Crippen molar-refractivity contribution < 1.29 is 9.53 Å². The van der Waals surface area contributed by atoms with E-state index in [9.17, 15) is 4.79 Å². The molecule has 5 heteroatoms. The van der Waals surface area contributed by atoms with Crippen LogP contribution in [-0.2, 0) is 0 Å². The number of thioether (sulfide) groups is 1. The average Bonchev–Trinajstić information content (AvgIpc) is 2.66. The molecule has 4 nitrogen and oxygen atoms in total. The highest BCUT2D eigenvalue weighted by atomic mass is 32.2. The second kappa shape index (κ2) is 7.94. The number of hydrogen-bond donors (Lipinski definition) is 0. The van der Waals surface area contributed by atoms with Crippen LogP contribution in [0.1, 0.15) is 16.1 Å². The van der Waals surface area contributed by atoms with E-state index in [4.69, 9.17) is 4.74 Å². The molecule has 0 N–H and O–H groups in total. The summed E-state index contributed by atoms with van der Waals surface area (Å²) in [5.41, 5.74) is 3.40. The Kier molecular flexibility index (Phi) is 5.46. The molecule has 0 bridgehead atoms. The van der Waals surface area contributed by atoms with E-state index in [2.05, 4.69) is 9.97 Å². The van der Waals surface area contributed by atoms with Crippen molar-refractivity contribution in [2.45, 2.75) is 12.1 Å². The Morgan fingerprint density at radius 2 is 1.76 bits per heavy atom. The lowest BCUT2D eigenvalue weighted by molar-refractivity contribution is 0.102. The van der Waals surface area contributed by atoms with Crippen LogP contribution in [0.5, 0.6) is 5.75 Å². The average molecular weight is 350 g/mol. The maximum Gasteiger partial charge on any atom is 0.188 e. The maximum absolute atomic E-state index is 12.2. The minimum atomic E-state index is 0.0710. The number of benzene rings is 2. The Bertz CT molecular complexity index is 865. The summed E-state index contributed by atoms with van der Waals surface area (Å²) < 4.78 is 5.19. The number of Topliss-reactive ketones (excluding diaryl/α,β-unsaturated/α-hetero) is 1. The Morgan fingerprint density at radius 3 is 2.44 bits per heavy atom. The predicted octanol–water partition coefficient (Wildman–Crippen LogP) is 4.44. The van der Waals surface area contributed by atoms with Crippen LogP contribution >= 0.6 is 11.8 Å². The molecule has 3 aromatic rings. The summed E-state index contributed by atoms with van der Waals surface area (Å²) in [4.78, 5) is 21.3. The molecule has 0 radical (unpaired) electrons. The first-order valence-corrected chi connectivity index (χ1v) is 8.85. The van der Waals surface area contributed by atoms with Crippen LogP contribution in [0.2, 0.25) is 0 Å². The molecule has 0 aliphatic carbocycles. The van der Waals surface area contributed by atoms with Gasteiger partial charge in [0.15, 0.2) is 10.9 Å². The van der Waals surface area contributed by atoms with E-state index in [1.165, 1.54) is 11.8 Å². The van der Waals surface area contributed by atoms with Crippen LogP contribution in [0.25, 0.3) is 11.3 Å². The first kappa shape index (κ1) is 17.2. The van der Waals surface area contributed by atoms with Gasteiger partial charge in [-0.2, -0.15) is 0 Å². The monoisotopic (exact) mass is 350 g/mol. The van der Waals surface area contributed by atoms with E-state index in [-0.39, 0.29) is 5.78 Å². The summed E-state index contributed by atoms with van der Waals surface area (Å²) in [6.07, 6.45) is 0. The van der Waals surface area contributed by atoms with Crippen LogP contribution in [-0.4, -0.2) is 28.6 Å². The van der Waals surface area contributed by atoms with Gasteiger partial charge in [-0.05, 0) is 37.3 Å². The molecule has 126 valence electrons. The number of rotatable bonds is 6. The van der Waals surface area contributed by atoms with E-state index in [1.807, 2.05) is 67.6 Å². The van der Waals surface area contributed by atoms with Gasteiger partial charge in [0.05, 0.1) is 18.6 Å². The number of nitrogens with zero attached hydrogens (tertiary/aromatic N) is 2. The zero-order valence-electron chi connectivity index (χ0n) is 14.1. The topological polar surface area (TPSA) is 52.1 Å². The standard InChI is InChI=1S/C20H18N2O2S/c1-14-12-18(15-8-10-17(24-2)11-9-15)22-20(21-14)25-13-19(23)16-6-4-3-5-7-16/h3-12H,13H2,1-2H3. The van der Waals surface area contributed by atoms with Crippen LogP contribution in [0, 0.1) is 6.92 Å². The van der Waals surface area contributed by atoms with Crippen molar-refractivity contribution in [1.82, 2.24) is 9.97 Å². The van der Waals surface area contributed by atoms with Crippen molar-refractivity contribution >= 4 is 17.5 Å². The molecular weight excluding hydrogens is 332 g/mol. The molecule has 0 spiro atoms. The van der Waals surface area contributed by atoms with Gasteiger partial charge in [0, 0.05) is 16.8 Å². The van der Waals surface area contributed by atoms with E-state index in [0.29, 0.717) is 16.5 Å². The minimum absolute atomic E-state index is 0.0710. The SMILES string of the molecule is COc1ccc(-c2cc(C)nc(SCC(=O)c3ccccc3)n2)cc1. The molecule has 1 heterocycles. The van der Waals surface area contributed by atoms with Crippen molar-refractivity contribution in [2.24, 2.45) is 0 Å². The van der Waals surface area contributed by atoms with Gasteiger partial charge in [0.25, 0.3) is 0 Å². The smallest absolute Gasteiger partial charge is 0.188 e. The summed E-state index contributed by atoms with van der Waals surface area (Å²) >= 11 is 1.36. The molecule has 25 heavy (non-hydrogen) atoms. The zero-order valence-corrected chi connectivity index (χ0v) is 14.9. The van der Waals surface area contributed by atoms with Gasteiger partial charge in [-0.15, -0.1) is 0 Å². The second-order valence-electron chi connectivity index (χ2n) is 5.48. The van der Waals surface area contributed by atoms with Gasteiger partial charge in [-0.1, -0.05) is 42.1 Å². The Hall–Kier alpha value is -2.66. The number of carbonyl (C=O) groups is 1. The first-order valence-electron chi connectivity index (χ1n) is 7.87. The highest BCUT2D eigenvalue weighted by Crippen LogP contribution is 2.24. The van der Waals surface area contributed by atoms with Crippen molar-refractivity contribution in [1.29, 1.82) is 0 Å². The van der Waals surface area contributed by atoms with Gasteiger partial charge in [0.1, 0.15) is 5.75 Å². The van der Waals surface area contributed by atoms with Crippen LogP contribution in [0.15, 0.2) is 65.8 Å². The minimum Gasteiger partial charge on any atom is -0.497 e. The molecule has 3 rings (SSSR count). The molecule has 0 saturated carbocycles. The van der Waals surface area contributed by atoms with Crippen molar-refractivity contribution in [3.8, 4) is 17.0 Å². The highest BCUT2D eigenvalue weighted by molar-refractivity contribution is 7.99. The molecule has 0 unspecified atom stereocenters. The third-order valence-corrected chi connectivity index (χ3v) is 4.49. The predicted molar refractivity (Wildman–Crippen MR) is 100 cm³/mol. The third-order valence-electron chi connectivity index (χ3n) is 3.65. The number of methoxy groups -OCH3 is 1. The van der Waals surface area contributed by atoms with E-state index in [0.717, 1.165) is 22.7 Å². The molecule has 0 aliphatic rings. The van der Waals surface area contributed by atoms with Crippen LogP contribution in [0.3, 0.4) is 0 Å². The van der Waals surface area contributed by atoms with E-state index in [1.54, 1.807) is 7.11 Å². The second-order valence-corrected chi connectivity index (χ2v) is 6.43. The summed E-state index contributed by atoms with van der Waals surface area (Å²) in [6.45, 7) is 1.93. The quantitative estimate of drug-likeness (QED) is 0.374. The molecule has 0 amide bonds. The third kappa shape index (κ3) is 4.45. The number of aryl methyl sites for hydroxylation is 1. The van der Waals surface area contributed by atoms with Crippen molar-refractivity contribution in [3.05, 3.63) is 71.9 Å². The normalized spacial score (nSPS) is 10.5. The number of aromatic nitrogens is 2. The molecule has 0 saturated heterocycles. The first-order chi connectivity index (χ1) is 12.2. The molecule has 2 aromatic carbocycles. The summed E-state index contributed by atoms with van der Waals surface area (Å²) in [5, 5.41) is 0.607. The van der Waals surface area contributed by atoms with Crippen molar-refractivity contribution in [3.63, 3.8) is 0 Å². The molecule has 0 aliphatic heterocycles. The van der Waals surface area contributed by atoms with Crippen LogP contribution < -0.4 is 4.74 Å². The van der Waals surface area contributed by atoms with Crippen LogP contribution in [0.4, 0.5) is 0 Å². The molecule has 0 fully saturated rings. The zero-order chi connectivity index (χ0) is 17.6. The van der Waals surface area contributed by atoms with E-state index < -0.39 is 0 Å². The number of ketones is 1. The fraction of sp³-hybridized carbons (Fsp3) is 0.150. The van der Waals surface area contributed by atoms with Gasteiger partial charge in [-0.3, -0.25) is 4.79 Å². The Morgan fingerprint density at radius 1 is 1.04 bits per heavy atom. The summed E-state index contributed by atoms with van der Waals surface area (Å²) in [6, 6.07) is 18.9. The number of carbonyl (C=O) groups excluding carboxylic acids is 1. The lowest BCUT2D eigenvalue weighted by atomic mass is 10.1. The van der Waals surface area contributed by atoms with Crippen molar-refractivity contribution in [2.75, 3.05) is 12.9 Å². The molecule has 0 atom stereocenters. The number of hydrogen-bond acceptors (Lipinski definition) is 5. The summed E-state index contributed by atoms with van der Waals surface area (Å²) in [5.74, 6) is 1.19. The van der Waals surface area contributed by atoms with Gasteiger partial charge < -0.3 is 4.74 Å². The highest BCUT2D eigenvalue weighted by Gasteiger charge is 2.10. The molecule has 1 aromatic heterocycles.